The molecule has 1 aliphatic rings. The molecule has 3 aromatic rings. The van der Waals surface area contributed by atoms with E-state index in [2.05, 4.69) is 10.3 Å². The molecule has 1 saturated heterocycles. The second kappa shape index (κ2) is 9.46. The largest absolute Gasteiger partial charge is 0.352 e. The van der Waals surface area contributed by atoms with Crippen molar-refractivity contribution in [3.8, 4) is 0 Å². The van der Waals surface area contributed by atoms with Gasteiger partial charge >= 0.3 is 0 Å². The molecule has 0 aliphatic carbocycles. The quantitative estimate of drug-likeness (QED) is 0.616. The van der Waals surface area contributed by atoms with E-state index in [1.165, 1.54) is 22.8 Å². The highest BCUT2D eigenvalue weighted by Crippen LogP contribution is 2.17. The second-order valence-corrected chi connectivity index (χ2v) is 9.48. The minimum atomic E-state index is -3.61. The summed E-state index contributed by atoms with van der Waals surface area (Å²) in [6.07, 6.45) is 3.01. The highest BCUT2D eigenvalue weighted by molar-refractivity contribution is 7.89. The Hall–Kier alpha value is -3.30. The Morgan fingerprint density at radius 1 is 0.938 bits per heavy atom. The van der Waals surface area contributed by atoms with Gasteiger partial charge in [0.2, 0.25) is 15.9 Å². The van der Waals surface area contributed by atoms with Gasteiger partial charge in [-0.15, -0.1) is 0 Å². The van der Waals surface area contributed by atoms with E-state index < -0.39 is 10.0 Å². The van der Waals surface area contributed by atoms with Crippen LogP contribution in [0.15, 0.2) is 71.9 Å². The Labute approximate surface area is 186 Å². The molecule has 9 heteroatoms. The van der Waals surface area contributed by atoms with Crippen LogP contribution in [0.1, 0.15) is 16.8 Å². The molecule has 8 nitrogen and oxygen atoms in total. The molecule has 32 heavy (non-hydrogen) atoms. The molecule has 1 fully saturated rings. The molecule has 1 N–H and O–H groups in total. The van der Waals surface area contributed by atoms with Crippen molar-refractivity contribution in [2.75, 3.05) is 32.7 Å². The van der Waals surface area contributed by atoms with Crippen molar-refractivity contribution in [2.45, 2.75) is 11.3 Å². The number of hydrogen-bond acceptors (Lipinski definition) is 5. The van der Waals surface area contributed by atoms with Gasteiger partial charge in [-0.25, -0.2) is 8.42 Å². The highest BCUT2D eigenvalue weighted by atomic mass is 32.2. The van der Waals surface area contributed by atoms with Crippen molar-refractivity contribution in [3.63, 3.8) is 0 Å². The third-order valence-corrected chi connectivity index (χ3v) is 7.38. The SMILES string of the molecule is O=C(NCCC(=O)N1CCN(S(=O)(=O)c2cccnc2)CC1)c1ccc2ccccc2c1. The number of aromatic nitrogens is 1. The summed E-state index contributed by atoms with van der Waals surface area (Å²) in [5.74, 6) is -0.335. The maximum absolute atomic E-state index is 12.7. The number of benzene rings is 2. The predicted molar refractivity (Wildman–Crippen MR) is 120 cm³/mol. The van der Waals surface area contributed by atoms with Gasteiger partial charge in [-0.1, -0.05) is 30.3 Å². The lowest BCUT2D eigenvalue weighted by molar-refractivity contribution is -0.132. The molecule has 2 heterocycles. The Morgan fingerprint density at radius 3 is 2.41 bits per heavy atom. The molecule has 2 aromatic carbocycles. The first kappa shape index (κ1) is 21.9. The van der Waals surface area contributed by atoms with E-state index in [1.54, 1.807) is 17.0 Å². The molecule has 0 unspecified atom stereocenters. The molecule has 1 aromatic heterocycles. The first-order valence-electron chi connectivity index (χ1n) is 10.4. The molecule has 4 rings (SSSR count). The van der Waals surface area contributed by atoms with Crippen molar-refractivity contribution in [1.29, 1.82) is 0 Å². The normalized spacial score (nSPS) is 14.9. The van der Waals surface area contributed by atoms with E-state index >= 15 is 0 Å². The van der Waals surface area contributed by atoms with E-state index in [0.717, 1.165) is 10.8 Å². The molecular formula is C23H24N4O4S. The summed E-state index contributed by atoms with van der Waals surface area (Å²) in [5, 5.41) is 4.83. The number of carbonyl (C=O) groups is 2. The van der Waals surface area contributed by atoms with E-state index in [9.17, 15) is 18.0 Å². The number of amides is 2. The lowest BCUT2D eigenvalue weighted by Gasteiger charge is -2.34. The van der Waals surface area contributed by atoms with Gasteiger partial charge in [-0.3, -0.25) is 14.6 Å². The number of nitrogens with zero attached hydrogens (tertiary/aromatic N) is 3. The van der Waals surface area contributed by atoms with Gasteiger partial charge in [0.1, 0.15) is 4.90 Å². The summed E-state index contributed by atoms with van der Waals surface area (Å²) < 4.78 is 26.7. The number of rotatable bonds is 6. The molecule has 1 aliphatic heterocycles. The van der Waals surface area contributed by atoms with Gasteiger partial charge in [0, 0.05) is 57.1 Å². The van der Waals surface area contributed by atoms with Crippen LogP contribution in [0.3, 0.4) is 0 Å². The Bertz CT molecular complexity index is 1220. The average Bonchev–Trinajstić information content (AvgIpc) is 2.84. The fourth-order valence-electron chi connectivity index (χ4n) is 3.70. The summed E-state index contributed by atoms with van der Waals surface area (Å²) >= 11 is 0. The summed E-state index contributed by atoms with van der Waals surface area (Å²) in [4.78, 5) is 30.6. The van der Waals surface area contributed by atoms with Crippen molar-refractivity contribution in [2.24, 2.45) is 0 Å². The molecule has 0 spiro atoms. The Balaban J connectivity index is 1.26. The van der Waals surface area contributed by atoms with Crippen LogP contribution in [0, 0.1) is 0 Å². The maximum atomic E-state index is 12.7. The molecule has 0 radical (unpaired) electrons. The van der Waals surface area contributed by atoms with Crippen LogP contribution in [0.25, 0.3) is 10.8 Å². The van der Waals surface area contributed by atoms with Crippen molar-refractivity contribution >= 4 is 32.6 Å². The van der Waals surface area contributed by atoms with Crippen molar-refractivity contribution in [3.05, 3.63) is 72.6 Å². The van der Waals surface area contributed by atoms with Gasteiger partial charge in [-0.05, 0) is 35.0 Å². The Kier molecular flexibility index (Phi) is 6.48. The summed E-state index contributed by atoms with van der Waals surface area (Å²) in [6, 6.07) is 16.4. The van der Waals surface area contributed by atoms with Crippen LogP contribution < -0.4 is 5.32 Å². The summed E-state index contributed by atoms with van der Waals surface area (Å²) in [7, 11) is -3.61. The number of piperazine rings is 1. The first-order valence-corrected chi connectivity index (χ1v) is 11.8. The van der Waals surface area contributed by atoms with Gasteiger partial charge in [0.15, 0.2) is 0 Å². The maximum Gasteiger partial charge on any atom is 0.251 e. The predicted octanol–water partition coefficient (Wildman–Crippen LogP) is 1.89. The zero-order valence-corrected chi connectivity index (χ0v) is 18.3. The van der Waals surface area contributed by atoms with Gasteiger partial charge < -0.3 is 10.2 Å². The molecule has 0 atom stereocenters. The zero-order valence-electron chi connectivity index (χ0n) is 17.5. The zero-order chi connectivity index (χ0) is 22.6. The lowest BCUT2D eigenvalue weighted by Crippen LogP contribution is -2.50. The number of hydrogen-bond donors (Lipinski definition) is 1. The van der Waals surface area contributed by atoms with Gasteiger partial charge in [0.25, 0.3) is 5.91 Å². The van der Waals surface area contributed by atoms with Crippen LogP contribution in [0.4, 0.5) is 0 Å². The summed E-state index contributed by atoms with van der Waals surface area (Å²) in [5.41, 5.74) is 0.547. The fraction of sp³-hybridized carbons (Fsp3) is 0.261. The van der Waals surface area contributed by atoms with E-state index in [0.29, 0.717) is 18.7 Å². The molecule has 166 valence electrons. The smallest absolute Gasteiger partial charge is 0.251 e. The number of pyridine rings is 1. The number of carbonyl (C=O) groups excluding carboxylic acids is 2. The van der Waals surface area contributed by atoms with Gasteiger partial charge in [-0.2, -0.15) is 4.31 Å². The van der Waals surface area contributed by atoms with Crippen molar-refractivity contribution < 1.29 is 18.0 Å². The lowest BCUT2D eigenvalue weighted by atomic mass is 10.1. The van der Waals surface area contributed by atoms with Crippen LogP contribution >= 0.6 is 0 Å². The fourth-order valence-corrected chi connectivity index (χ4v) is 5.09. The van der Waals surface area contributed by atoms with Crippen LogP contribution in [-0.4, -0.2) is 67.1 Å². The average molecular weight is 453 g/mol. The monoisotopic (exact) mass is 452 g/mol. The third kappa shape index (κ3) is 4.79. The minimum Gasteiger partial charge on any atom is -0.352 e. The molecule has 0 bridgehead atoms. The van der Waals surface area contributed by atoms with Crippen molar-refractivity contribution in [1.82, 2.24) is 19.5 Å². The van der Waals surface area contributed by atoms with Crippen LogP contribution in [-0.2, 0) is 14.8 Å². The first-order chi connectivity index (χ1) is 15.4. The molecule has 2 amide bonds. The number of sulfonamides is 1. The number of fused-ring (bicyclic) bond motifs is 1. The highest BCUT2D eigenvalue weighted by Gasteiger charge is 2.30. The topological polar surface area (TPSA) is 99.7 Å². The third-order valence-electron chi connectivity index (χ3n) is 5.50. The molecule has 0 saturated carbocycles. The second-order valence-electron chi connectivity index (χ2n) is 7.54. The van der Waals surface area contributed by atoms with E-state index in [4.69, 9.17) is 0 Å². The standard InChI is InChI=1S/C23H24N4O4S/c28-22(9-11-25-23(29)20-8-7-18-4-1-2-5-19(18)16-20)26-12-14-27(15-13-26)32(30,31)21-6-3-10-24-17-21/h1-8,10,16-17H,9,11-15H2,(H,25,29). The van der Waals surface area contributed by atoms with Crippen LogP contribution in [0.2, 0.25) is 0 Å². The van der Waals surface area contributed by atoms with Crippen LogP contribution in [0.5, 0.6) is 0 Å². The number of nitrogens with one attached hydrogen (secondary N) is 1. The Morgan fingerprint density at radius 2 is 1.69 bits per heavy atom. The minimum absolute atomic E-state index is 0.109. The van der Waals surface area contributed by atoms with Gasteiger partial charge in [0.05, 0.1) is 0 Å². The summed E-state index contributed by atoms with van der Waals surface area (Å²) in [6.45, 7) is 1.31. The van der Waals surface area contributed by atoms with E-state index in [1.807, 2.05) is 36.4 Å². The molecular weight excluding hydrogens is 428 g/mol. The van der Waals surface area contributed by atoms with E-state index in [-0.39, 0.29) is 42.8 Å².